The highest BCUT2D eigenvalue weighted by Gasteiger charge is 2.37. The maximum Gasteiger partial charge on any atom is 0.413 e. The van der Waals surface area contributed by atoms with Gasteiger partial charge in [0.2, 0.25) is 11.8 Å². The molecule has 1 aliphatic heterocycles. The number of amides is 3. The summed E-state index contributed by atoms with van der Waals surface area (Å²) in [4.78, 5) is 36.0. The van der Waals surface area contributed by atoms with E-state index in [9.17, 15) is 14.4 Å². The molecule has 2 N–H and O–H groups in total. The van der Waals surface area contributed by atoms with Crippen LogP contribution in [0.4, 0.5) is 4.79 Å². The van der Waals surface area contributed by atoms with Gasteiger partial charge in [-0.25, -0.2) is 4.79 Å². The van der Waals surface area contributed by atoms with Crippen LogP contribution in [-0.4, -0.2) is 48.9 Å². The lowest BCUT2D eigenvalue weighted by molar-refractivity contribution is -0.128. The van der Waals surface area contributed by atoms with E-state index in [2.05, 4.69) is 10.6 Å². The van der Waals surface area contributed by atoms with Crippen molar-refractivity contribution < 1.29 is 23.9 Å². The summed E-state index contributed by atoms with van der Waals surface area (Å²) in [7, 11) is 1.70. The van der Waals surface area contributed by atoms with Crippen molar-refractivity contribution in [2.75, 3.05) is 19.5 Å². The van der Waals surface area contributed by atoms with Gasteiger partial charge in [-0.15, -0.1) is 11.8 Å². The molecule has 2 aliphatic rings. The van der Waals surface area contributed by atoms with E-state index in [1.165, 1.54) is 0 Å². The molecule has 2 rings (SSSR count). The van der Waals surface area contributed by atoms with Gasteiger partial charge in [-0.05, 0) is 44.8 Å². The second-order valence-corrected chi connectivity index (χ2v) is 7.36. The molecule has 1 saturated heterocycles. The summed E-state index contributed by atoms with van der Waals surface area (Å²) < 4.78 is 10.1. The van der Waals surface area contributed by atoms with Crippen LogP contribution in [0.25, 0.3) is 0 Å². The average molecular weight is 358 g/mol. The second kappa shape index (κ2) is 9.27. The summed E-state index contributed by atoms with van der Waals surface area (Å²) in [5.74, 6) is -0.0304. The van der Waals surface area contributed by atoms with Crippen LogP contribution < -0.4 is 10.6 Å². The number of methoxy groups -OCH3 is 1. The van der Waals surface area contributed by atoms with Crippen molar-refractivity contribution in [1.29, 1.82) is 0 Å². The Labute approximate surface area is 146 Å². The number of hydrogen-bond donors (Lipinski definition) is 2. The number of carbonyl (C=O) groups is 3. The molecule has 2 atom stereocenters. The Bertz CT molecular complexity index is 465. The largest absolute Gasteiger partial charge is 0.450 e. The standard InChI is InChI=1S/C16H26N2O5S/c1-3-23-16(21)18-14(20)12-8-9-24-15(12)17-13(19)10-4-6-11(22-2)7-5-10/h10-12,15H,3-9H2,1-2H3,(H,17,19)(H,18,20,21). The zero-order valence-corrected chi connectivity index (χ0v) is 15.0. The molecular formula is C16H26N2O5S. The van der Waals surface area contributed by atoms with Gasteiger partial charge in [-0.3, -0.25) is 14.9 Å². The lowest BCUT2D eigenvalue weighted by Crippen LogP contribution is -2.46. The molecule has 24 heavy (non-hydrogen) atoms. The second-order valence-electron chi connectivity index (χ2n) is 6.11. The van der Waals surface area contributed by atoms with Crippen LogP contribution in [0.5, 0.6) is 0 Å². The fourth-order valence-electron chi connectivity index (χ4n) is 3.18. The monoisotopic (exact) mass is 358 g/mol. The molecule has 3 amide bonds. The minimum absolute atomic E-state index is 0.00196. The van der Waals surface area contributed by atoms with Crippen LogP contribution in [0.1, 0.15) is 39.0 Å². The van der Waals surface area contributed by atoms with E-state index in [1.54, 1.807) is 25.8 Å². The predicted molar refractivity (Wildman–Crippen MR) is 90.4 cm³/mol. The van der Waals surface area contributed by atoms with Crippen molar-refractivity contribution >= 4 is 29.7 Å². The molecule has 136 valence electrons. The summed E-state index contributed by atoms with van der Waals surface area (Å²) in [6, 6.07) is 0. The van der Waals surface area contributed by atoms with Gasteiger partial charge in [-0.1, -0.05) is 0 Å². The molecule has 2 unspecified atom stereocenters. The number of carbonyl (C=O) groups excluding carboxylic acids is 3. The van der Waals surface area contributed by atoms with Crippen molar-refractivity contribution in [2.45, 2.75) is 50.5 Å². The molecule has 7 nitrogen and oxygen atoms in total. The van der Waals surface area contributed by atoms with Gasteiger partial charge in [-0.2, -0.15) is 0 Å². The SMILES string of the molecule is CCOC(=O)NC(=O)C1CCSC1NC(=O)C1CCC(OC)CC1. The third-order valence-electron chi connectivity index (χ3n) is 4.59. The van der Waals surface area contributed by atoms with Crippen LogP contribution >= 0.6 is 11.8 Å². The number of ether oxygens (including phenoxy) is 2. The minimum atomic E-state index is -0.734. The molecule has 1 heterocycles. The van der Waals surface area contributed by atoms with Gasteiger partial charge in [0.1, 0.15) is 0 Å². The van der Waals surface area contributed by atoms with Gasteiger partial charge < -0.3 is 14.8 Å². The maximum absolute atomic E-state index is 12.5. The molecule has 0 spiro atoms. The Balaban J connectivity index is 1.83. The van der Waals surface area contributed by atoms with Gasteiger partial charge >= 0.3 is 6.09 Å². The normalized spacial score (nSPS) is 29.8. The maximum atomic E-state index is 12.5. The molecule has 0 aromatic heterocycles. The first-order chi connectivity index (χ1) is 11.5. The van der Waals surface area contributed by atoms with E-state index in [-0.39, 0.29) is 35.8 Å². The Morgan fingerprint density at radius 3 is 2.42 bits per heavy atom. The average Bonchev–Trinajstić information content (AvgIpc) is 3.03. The van der Waals surface area contributed by atoms with Gasteiger partial charge in [0.05, 0.1) is 24.0 Å². The number of thioether (sulfide) groups is 1. The summed E-state index contributed by atoms with van der Waals surface area (Å²) in [5.41, 5.74) is 0. The van der Waals surface area contributed by atoms with E-state index in [0.29, 0.717) is 6.42 Å². The van der Waals surface area contributed by atoms with Crippen molar-refractivity contribution in [3.05, 3.63) is 0 Å². The van der Waals surface area contributed by atoms with Gasteiger partial charge in [0, 0.05) is 13.0 Å². The highest BCUT2D eigenvalue weighted by molar-refractivity contribution is 8.00. The molecule has 0 aromatic carbocycles. The smallest absolute Gasteiger partial charge is 0.413 e. The van der Waals surface area contributed by atoms with E-state index < -0.39 is 12.0 Å². The van der Waals surface area contributed by atoms with Crippen LogP contribution in [0, 0.1) is 11.8 Å². The fourth-order valence-corrected chi connectivity index (χ4v) is 4.52. The van der Waals surface area contributed by atoms with Crippen LogP contribution in [-0.2, 0) is 19.1 Å². The first-order valence-corrected chi connectivity index (χ1v) is 9.52. The first-order valence-electron chi connectivity index (χ1n) is 8.47. The predicted octanol–water partition coefficient (Wildman–Crippen LogP) is 1.66. The molecule has 8 heteroatoms. The number of rotatable bonds is 5. The molecule has 2 fully saturated rings. The summed E-state index contributed by atoms with van der Waals surface area (Å²) in [5, 5.41) is 4.94. The van der Waals surface area contributed by atoms with Crippen molar-refractivity contribution in [3.63, 3.8) is 0 Å². The number of imide groups is 1. The summed E-state index contributed by atoms with van der Waals surface area (Å²) in [6.07, 6.45) is 3.54. The lowest BCUT2D eigenvalue weighted by atomic mass is 9.86. The van der Waals surface area contributed by atoms with Crippen molar-refractivity contribution in [2.24, 2.45) is 11.8 Å². The highest BCUT2D eigenvalue weighted by atomic mass is 32.2. The Kier molecular flexibility index (Phi) is 7.36. The summed E-state index contributed by atoms with van der Waals surface area (Å²) >= 11 is 1.55. The van der Waals surface area contributed by atoms with E-state index in [0.717, 1.165) is 31.4 Å². The third kappa shape index (κ3) is 5.11. The third-order valence-corrected chi connectivity index (χ3v) is 5.87. The Morgan fingerprint density at radius 1 is 1.08 bits per heavy atom. The van der Waals surface area contributed by atoms with Crippen LogP contribution in [0.2, 0.25) is 0 Å². The minimum Gasteiger partial charge on any atom is -0.450 e. The van der Waals surface area contributed by atoms with Crippen LogP contribution in [0.3, 0.4) is 0 Å². The summed E-state index contributed by atoms with van der Waals surface area (Å²) in [6.45, 7) is 1.89. The zero-order valence-electron chi connectivity index (χ0n) is 14.2. The number of alkyl carbamates (subject to hydrolysis) is 1. The quantitative estimate of drug-likeness (QED) is 0.776. The van der Waals surface area contributed by atoms with E-state index in [1.807, 2.05) is 0 Å². The number of nitrogens with one attached hydrogen (secondary N) is 2. The van der Waals surface area contributed by atoms with Crippen molar-refractivity contribution in [3.8, 4) is 0 Å². The number of hydrogen-bond acceptors (Lipinski definition) is 6. The molecule has 1 aliphatic carbocycles. The molecular weight excluding hydrogens is 332 g/mol. The van der Waals surface area contributed by atoms with E-state index in [4.69, 9.17) is 9.47 Å². The van der Waals surface area contributed by atoms with Crippen molar-refractivity contribution in [1.82, 2.24) is 10.6 Å². The van der Waals surface area contributed by atoms with Crippen LogP contribution in [0.15, 0.2) is 0 Å². The Morgan fingerprint density at radius 2 is 1.79 bits per heavy atom. The Hall–Kier alpha value is -1.28. The first kappa shape index (κ1) is 19.1. The van der Waals surface area contributed by atoms with E-state index >= 15 is 0 Å². The lowest BCUT2D eigenvalue weighted by Gasteiger charge is -2.28. The zero-order chi connectivity index (χ0) is 17.5. The molecule has 1 saturated carbocycles. The molecule has 0 radical (unpaired) electrons. The fraction of sp³-hybridized carbons (Fsp3) is 0.812. The molecule has 0 aromatic rings. The molecule has 0 bridgehead atoms. The topological polar surface area (TPSA) is 93.7 Å². The van der Waals surface area contributed by atoms with Gasteiger partial charge in [0.25, 0.3) is 0 Å². The highest BCUT2D eigenvalue weighted by Crippen LogP contribution is 2.32. The van der Waals surface area contributed by atoms with Gasteiger partial charge in [0.15, 0.2) is 0 Å².